The van der Waals surface area contributed by atoms with Gasteiger partial charge < -0.3 is 9.47 Å². The van der Waals surface area contributed by atoms with E-state index in [0.29, 0.717) is 0 Å². The van der Waals surface area contributed by atoms with Crippen LogP contribution in [0, 0.1) is 5.92 Å². The van der Waals surface area contributed by atoms with Crippen LogP contribution < -0.4 is 0 Å². The van der Waals surface area contributed by atoms with Gasteiger partial charge in [0, 0.05) is 0 Å². The van der Waals surface area contributed by atoms with Crippen LogP contribution in [0.25, 0.3) is 6.08 Å². The zero-order chi connectivity index (χ0) is 15.0. The Morgan fingerprint density at radius 3 is 2.35 bits per heavy atom. The van der Waals surface area contributed by atoms with Gasteiger partial charge >= 0.3 is 5.97 Å². The van der Waals surface area contributed by atoms with Crippen LogP contribution >= 0.6 is 0 Å². The van der Waals surface area contributed by atoms with Crippen LogP contribution in [0.3, 0.4) is 0 Å². The summed E-state index contributed by atoms with van der Waals surface area (Å²) in [6.07, 6.45) is 4.40. The Hall–Kier alpha value is -2.36. The maximum Gasteiger partial charge on any atom is 0.337 e. The second-order valence-electron chi connectivity index (χ2n) is 4.17. The predicted octanol–water partition coefficient (Wildman–Crippen LogP) is 2.61. The molecule has 1 atom stereocenters. The van der Waals surface area contributed by atoms with Crippen molar-refractivity contribution >= 4 is 17.8 Å². The van der Waals surface area contributed by atoms with Gasteiger partial charge in [-0.3, -0.25) is 4.79 Å². The lowest BCUT2D eigenvalue weighted by atomic mass is 9.96. The molecule has 106 valence electrons. The minimum atomic E-state index is -0.623. The second-order valence-corrected chi connectivity index (χ2v) is 4.17. The first-order valence-electron chi connectivity index (χ1n) is 6.18. The number of ether oxygens (including phenoxy) is 2. The molecule has 0 radical (unpaired) electrons. The highest BCUT2D eigenvalue weighted by atomic mass is 16.5. The lowest BCUT2D eigenvalue weighted by Gasteiger charge is -2.10. The van der Waals surface area contributed by atoms with E-state index in [2.05, 4.69) is 4.74 Å². The van der Waals surface area contributed by atoms with Crippen molar-refractivity contribution in [2.45, 2.75) is 6.92 Å². The van der Waals surface area contributed by atoms with Crippen LogP contribution in [-0.4, -0.2) is 26.0 Å². The fourth-order valence-corrected chi connectivity index (χ4v) is 1.61. The largest absolute Gasteiger partial charge is 0.504 e. The lowest BCUT2D eigenvalue weighted by molar-refractivity contribution is -0.137. The van der Waals surface area contributed by atoms with Crippen molar-refractivity contribution in [1.29, 1.82) is 0 Å². The minimum absolute atomic E-state index is 0.192. The lowest BCUT2D eigenvalue weighted by Crippen LogP contribution is -2.19. The number of carbonyl (C=O) groups is 2. The summed E-state index contributed by atoms with van der Waals surface area (Å²) in [4.78, 5) is 23.6. The van der Waals surface area contributed by atoms with Gasteiger partial charge in [0.1, 0.15) is 0 Å². The van der Waals surface area contributed by atoms with Gasteiger partial charge in [-0.05, 0) is 11.6 Å². The van der Waals surface area contributed by atoms with E-state index in [0.717, 1.165) is 5.56 Å². The van der Waals surface area contributed by atoms with Gasteiger partial charge in [0.05, 0.1) is 32.0 Å². The molecular formula is C16H18O4. The number of allylic oxidation sites excluding steroid dienone is 1. The molecule has 0 bridgehead atoms. The SMILES string of the molecule is CO/C=C(\C(=O)OC)C(C)C(=O)/C=C/c1ccccc1. The molecule has 0 aliphatic heterocycles. The van der Waals surface area contributed by atoms with Crippen LogP contribution in [0.2, 0.25) is 0 Å². The summed E-state index contributed by atoms with van der Waals surface area (Å²) in [6, 6.07) is 9.45. The smallest absolute Gasteiger partial charge is 0.337 e. The fourth-order valence-electron chi connectivity index (χ4n) is 1.61. The molecule has 0 heterocycles. The molecule has 0 amide bonds. The number of carbonyl (C=O) groups excluding carboxylic acids is 2. The van der Waals surface area contributed by atoms with Crippen molar-refractivity contribution in [3.05, 3.63) is 53.8 Å². The molecule has 1 unspecified atom stereocenters. The highest BCUT2D eigenvalue weighted by Gasteiger charge is 2.23. The molecule has 1 aromatic carbocycles. The number of methoxy groups -OCH3 is 2. The standard InChI is InChI=1S/C16H18O4/c1-12(14(11-19-2)16(18)20-3)15(17)10-9-13-7-5-4-6-8-13/h4-12H,1-3H3/b10-9+,14-11-. The van der Waals surface area contributed by atoms with Crippen molar-refractivity contribution in [3.63, 3.8) is 0 Å². The van der Waals surface area contributed by atoms with Gasteiger partial charge in [-0.15, -0.1) is 0 Å². The molecule has 0 saturated carbocycles. The van der Waals surface area contributed by atoms with Gasteiger partial charge in [0.15, 0.2) is 5.78 Å². The molecule has 0 aliphatic carbocycles. The Morgan fingerprint density at radius 2 is 1.80 bits per heavy atom. The first-order chi connectivity index (χ1) is 9.60. The van der Waals surface area contributed by atoms with Crippen LogP contribution in [0.1, 0.15) is 12.5 Å². The molecule has 1 rings (SSSR count). The van der Waals surface area contributed by atoms with Crippen LogP contribution in [0.5, 0.6) is 0 Å². The first-order valence-corrected chi connectivity index (χ1v) is 6.18. The molecule has 0 aliphatic rings. The quantitative estimate of drug-likeness (QED) is 0.454. The van der Waals surface area contributed by atoms with E-state index in [1.807, 2.05) is 30.3 Å². The van der Waals surface area contributed by atoms with Gasteiger partial charge in [0.25, 0.3) is 0 Å². The zero-order valence-corrected chi connectivity index (χ0v) is 11.8. The highest BCUT2D eigenvalue weighted by molar-refractivity contribution is 6.03. The van der Waals surface area contributed by atoms with Gasteiger partial charge in [-0.2, -0.15) is 0 Å². The van der Waals surface area contributed by atoms with E-state index >= 15 is 0 Å². The minimum Gasteiger partial charge on any atom is -0.504 e. The Kier molecular flexibility index (Phi) is 6.23. The van der Waals surface area contributed by atoms with Gasteiger partial charge in [-0.1, -0.05) is 43.3 Å². The number of hydrogen-bond donors (Lipinski definition) is 0. The third kappa shape index (κ3) is 4.39. The van der Waals surface area contributed by atoms with Gasteiger partial charge in [0.2, 0.25) is 0 Å². The highest BCUT2D eigenvalue weighted by Crippen LogP contribution is 2.15. The van der Waals surface area contributed by atoms with Crippen LogP contribution in [0.15, 0.2) is 48.2 Å². The molecule has 0 spiro atoms. The zero-order valence-electron chi connectivity index (χ0n) is 11.8. The summed E-state index contributed by atoms with van der Waals surface area (Å²) < 4.78 is 9.46. The van der Waals surface area contributed by atoms with Crippen molar-refractivity contribution < 1.29 is 19.1 Å². The van der Waals surface area contributed by atoms with Crippen molar-refractivity contribution in [2.24, 2.45) is 5.92 Å². The van der Waals surface area contributed by atoms with E-state index in [-0.39, 0.29) is 11.4 Å². The Labute approximate surface area is 118 Å². The number of ketones is 1. The summed E-state index contributed by atoms with van der Waals surface area (Å²) in [5.41, 5.74) is 1.11. The van der Waals surface area contributed by atoms with E-state index in [9.17, 15) is 9.59 Å². The van der Waals surface area contributed by atoms with Crippen LogP contribution in [0.4, 0.5) is 0 Å². The third-order valence-electron chi connectivity index (χ3n) is 2.80. The molecule has 0 fully saturated rings. The summed E-state index contributed by atoms with van der Waals surface area (Å²) in [6.45, 7) is 1.64. The monoisotopic (exact) mass is 274 g/mol. The maximum absolute atomic E-state index is 12.1. The number of benzene rings is 1. The summed E-state index contributed by atoms with van der Waals surface area (Å²) in [7, 11) is 2.68. The van der Waals surface area contributed by atoms with Crippen LogP contribution in [-0.2, 0) is 19.1 Å². The molecule has 0 aromatic heterocycles. The first kappa shape index (κ1) is 15.7. The molecule has 20 heavy (non-hydrogen) atoms. The van der Waals surface area contributed by atoms with Gasteiger partial charge in [-0.25, -0.2) is 4.79 Å². The number of hydrogen-bond acceptors (Lipinski definition) is 4. The molecule has 4 heteroatoms. The van der Waals surface area contributed by atoms with Crippen molar-refractivity contribution in [2.75, 3.05) is 14.2 Å². The average molecular weight is 274 g/mol. The van der Waals surface area contributed by atoms with E-state index in [1.54, 1.807) is 13.0 Å². The topological polar surface area (TPSA) is 52.6 Å². The number of esters is 1. The predicted molar refractivity (Wildman–Crippen MR) is 76.8 cm³/mol. The molecule has 0 N–H and O–H groups in total. The van der Waals surface area contributed by atoms with Crippen molar-refractivity contribution in [1.82, 2.24) is 0 Å². The normalized spacial score (nSPS) is 13.1. The Balaban J connectivity index is 2.82. The summed E-state index contributed by atoms with van der Waals surface area (Å²) in [5.74, 6) is -1.38. The molecular weight excluding hydrogens is 256 g/mol. The summed E-state index contributed by atoms with van der Waals surface area (Å²) in [5, 5.41) is 0. The summed E-state index contributed by atoms with van der Waals surface area (Å²) >= 11 is 0. The maximum atomic E-state index is 12.1. The number of rotatable bonds is 6. The fraction of sp³-hybridized carbons (Fsp3) is 0.250. The Morgan fingerprint density at radius 1 is 1.15 bits per heavy atom. The second kappa shape index (κ2) is 7.94. The molecule has 4 nitrogen and oxygen atoms in total. The average Bonchev–Trinajstić information content (AvgIpc) is 2.49. The molecule has 0 saturated heterocycles. The Bertz CT molecular complexity index is 515. The van der Waals surface area contributed by atoms with E-state index < -0.39 is 11.9 Å². The third-order valence-corrected chi connectivity index (χ3v) is 2.80. The molecule has 1 aromatic rings. The van der Waals surface area contributed by atoms with E-state index in [4.69, 9.17) is 4.74 Å². The van der Waals surface area contributed by atoms with Crippen molar-refractivity contribution in [3.8, 4) is 0 Å². The van der Waals surface area contributed by atoms with E-state index in [1.165, 1.54) is 26.6 Å².